The maximum Gasteiger partial charge on any atom is 0.172 e. The molecule has 23 heavy (non-hydrogen) atoms. The van der Waals surface area contributed by atoms with Crippen molar-refractivity contribution in [1.29, 1.82) is 0 Å². The molecule has 122 valence electrons. The van der Waals surface area contributed by atoms with Crippen LogP contribution in [0.3, 0.4) is 0 Å². The van der Waals surface area contributed by atoms with E-state index in [1.807, 2.05) is 19.1 Å². The Labute approximate surface area is 144 Å². The van der Waals surface area contributed by atoms with Crippen molar-refractivity contribution in [3.8, 4) is 0 Å². The van der Waals surface area contributed by atoms with Crippen LogP contribution in [0.5, 0.6) is 0 Å². The zero-order valence-corrected chi connectivity index (χ0v) is 15.3. The molecule has 1 unspecified atom stereocenters. The summed E-state index contributed by atoms with van der Waals surface area (Å²) in [7, 11) is 0. The van der Waals surface area contributed by atoms with E-state index in [1.54, 1.807) is 6.20 Å². The Balaban J connectivity index is 1.98. The van der Waals surface area contributed by atoms with E-state index in [-0.39, 0.29) is 11.5 Å². The number of nitrogens with one attached hydrogen (secondary N) is 2. The van der Waals surface area contributed by atoms with E-state index < -0.39 is 0 Å². The van der Waals surface area contributed by atoms with Crippen LogP contribution in [0.2, 0.25) is 0 Å². The number of benzene rings is 1. The van der Waals surface area contributed by atoms with Crippen molar-refractivity contribution in [1.82, 2.24) is 10.3 Å². The van der Waals surface area contributed by atoms with Crippen LogP contribution in [0.4, 0.5) is 5.82 Å². The molecule has 2 rings (SSSR count). The van der Waals surface area contributed by atoms with Crippen molar-refractivity contribution in [2.75, 3.05) is 5.32 Å². The lowest BCUT2D eigenvalue weighted by molar-refractivity contribution is 0.589. The van der Waals surface area contributed by atoms with Gasteiger partial charge in [-0.2, -0.15) is 0 Å². The van der Waals surface area contributed by atoms with Crippen LogP contribution in [0, 0.1) is 6.92 Å². The second-order valence-corrected chi connectivity index (χ2v) is 7.32. The number of anilines is 1. The fourth-order valence-electron chi connectivity index (χ4n) is 2.31. The van der Waals surface area contributed by atoms with Crippen LogP contribution in [0.25, 0.3) is 0 Å². The van der Waals surface area contributed by atoms with Gasteiger partial charge in [0.1, 0.15) is 5.82 Å². The van der Waals surface area contributed by atoms with Gasteiger partial charge in [-0.15, -0.1) is 0 Å². The first-order valence-corrected chi connectivity index (χ1v) is 8.27. The molecule has 0 radical (unpaired) electrons. The van der Waals surface area contributed by atoms with Crippen LogP contribution in [-0.4, -0.2) is 10.1 Å². The fraction of sp³-hybridized carbons (Fsp3) is 0.368. The van der Waals surface area contributed by atoms with Gasteiger partial charge in [-0.25, -0.2) is 4.98 Å². The number of nitrogens with zero attached hydrogens (tertiary/aromatic N) is 1. The lowest BCUT2D eigenvalue weighted by Crippen LogP contribution is -2.31. The number of hydrogen-bond donors (Lipinski definition) is 2. The molecular weight excluding hydrogens is 302 g/mol. The second-order valence-electron chi connectivity index (χ2n) is 6.91. The largest absolute Gasteiger partial charge is 0.356 e. The summed E-state index contributed by atoms with van der Waals surface area (Å²) in [6, 6.07) is 12.8. The van der Waals surface area contributed by atoms with Gasteiger partial charge in [0.05, 0.1) is 6.04 Å². The zero-order chi connectivity index (χ0) is 17.0. The molecule has 1 aromatic carbocycles. The summed E-state index contributed by atoms with van der Waals surface area (Å²) < 4.78 is 0. The molecule has 4 heteroatoms. The minimum absolute atomic E-state index is 0.133. The van der Waals surface area contributed by atoms with Crippen molar-refractivity contribution in [2.24, 2.45) is 0 Å². The van der Waals surface area contributed by atoms with Gasteiger partial charge in [0.2, 0.25) is 0 Å². The van der Waals surface area contributed by atoms with Gasteiger partial charge in [-0.3, -0.25) is 0 Å². The van der Waals surface area contributed by atoms with Crippen LogP contribution >= 0.6 is 12.2 Å². The van der Waals surface area contributed by atoms with E-state index in [0.29, 0.717) is 5.11 Å². The van der Waals surface area contributed by atoms with E-state index in [2.05, 4.69) is 67.6 Å². The van der Waals surface area contributed by atoms with Gasteiger partial charge in [-0.1, -0.05) is 45.0 Å². The van der Waals surface area contributed by atoms with Crippen molar-refractivity contribution in [2.45, 2.75) is 46.1 Å². The SMILES string of the molecule is Cc1ccnc(NC(=S)NC(C)c2ccc(C(C)(C)C)cc2)c1. The summed E-state index contributed by atoms with van der Waals surface area (Å²) in [5.74, 6) is 0.762. The van der Waals surface area contributed by atoms with Crippen LogP contribution in [0.1, 0.15) is 50.4 Å². The molecule has 0 fully saturated rings. The summed E-state index contributed by atoms with van der Waals surface area (Å²) in [6.45, 7) is 10.8. The highest BCUT2D eigenvalue weighted by Gasteiger charge is 2.14. The van der Waals surface area contributed by atoms with Crippen molar-refractivity contribution in [3.63, 3.8) is 0 Å². The van der Waals surface area contributed by atoms with Gasteiger partial charge in [0.25, 0.3) is 0 Å². The Morgan fingerprint density at radius 3 is 2.35 bits per heavy atom. The molecule has 0 bridgehead atoms. The molecule has 0 aliphatic rings. The third-order valence-electron chi connectivity index (χ3n) is 3.78. The first kappa shape index (κ1) is 17.4. The maximum atomic E-state index is 5.38. The Morgan fingerprint density at radius 2 is 1.78 bits per heavy atom. The lowest BCUT2D eigenvalue weighted by atomic mass is 9.86. The number of aromatic nitrogens is 1. The van der Waals surface area contributed by atoms with Crippen LogP contribution in [-0.2, 0) is 5.41 Å². The van der Waals surface area contributed by atoms with E-state index >= 15 is 0 Å². The standard InChI is InChI=1S/C19H25N3S/c1-13-10-11-20-17(12-13)22-18(23)21-14(2)15-6-8-16(9-7-15)19(3,4)5/h6-12,14H,1-5H3,(H2,20,21,22,23). The molecule has 0 saturated heterocycles. The molecule has 0 saturated carbocycles. The number of aryl methyl sites for hydroxylation is 1. The number of thiocarbonyl (C=S) groups is 1. The summed E-state index contributed by atoms with van der Waals surface area (Å²) in [5.41, 5.74) is 3.86. The summed E-state index contributed by atoms with van der Waals surface area (Å²) in [4.78, 5) is 4.26. The van der Waals surface area contributed by atoms with E-state index in [1.165, 1.54) is 11.1 Å². The Bertz CT molecular complexity index is 672. The molecule has 2 aromatic rings. The van der Waals surface area contributed by atoms with Crippen molar-refractivity contribution in [3.05, 3.63) is 59.3 Å². The Hall–Kier alpha value is -1.94. The second kappa shape index (κ2) is 7.09. The van der Waals surface area contributed by atoms with Gasteiger partial charge in [0.15, 0.2) is 5.11 Å². The highest BCUT2D eigenvalue weighted by atomic mass is 32.1. The van der Waals surface area contributed by atoms with Gasteiger partial charge < -0.3 is 10.6 Å². The predicted molar refractivity (Wildman–Crippen MR) is 102 cm³/mol. The van der Waals surface area contributed by atoms with Crippen molar-refractivity contribution < 1.29 is 0 Å². The lowest BCUT2D eigenvalue weighted by Gasteiger charge is -2.21. The van der Waals surface area contributed by atoms with Gasteiger partial charge in [0, 0.05) is 6.20 Å². The minimum atomic E-state index is 0.133. The first-order valence-electron chi connectivity index (χ1n) is 7.86. The fourth-order valence-corrected chi connectivity index (χ4v) is 2.59. The monoisotopic (exact) mass is 327 g/mol. The molecule has 3 nitrogen and oxygen atoms in total. The molecule has 1 heterocycles. The molecule has 1 aromatic heterocycles. The van der Waals surface area contributed by atoms with E-state index in [0.717, 1.165) is 11.4 Å². The topological polar surface area (TPSA) is 37.0 Å². The molecule has 0 spiro atoms. The highest BCUT2D eigenvalue weighted by molar-refractivity contribution is 7.80. The number of rotatable bonds is 3. The van der Waals surface area contributed by atoms with Gasteiger partial charge >= 0.3 is 0 Å². The highest BCUT2D eigenvalue weighted by Crippen LogP contribution is 2.23. The summed E-state index contributed by atoms with van der Waals surface area (Å²) >= 11 is 5.38. The summed E-state index contributed by atoms with van der Waals surface area (Å²) in [6.07, 6.45) is 1.77. The van der Waals surface area contributed by atoms with Crippen LogP contribution in [0.15, 0.2) is 42.6 Å². The third-order valence-corrected chi connectivity index (χ3v) is 4.00. The third kappa shape index (κ3) is 5.03. The number of hydrogen-bond acceptors (Lipinski definition) is 2. The number of pyridine rings is 1. The van der Waals surface area contributed by atoms with Crippen LogP contribution < -0.4 is 10.6 Å². The molecule has 0 amide bonds. The molecule has 0 aliphatic heterocycles. The molecule has 2 N–H and O–H groups in total. The normalized spacial score (nSPS) is 12.6. The van der Waals surface area contributed by atoms with Gasteiger partial charge in [-0.05, 0) is 60.3 Å². The molecular formula is C19H25N3S. The maximum absolute atomic E-state index is 5.38. The zero-order valence-electron chi connectivity index (χ0n) is 14.5. The Kier molecular flexibility index (Phi) is 5.37. The Morgan fingerprint density at radius 1 is 1.13 bits per heavy atom. The van der Waals surface area contributed by atoms with E-state index in [4.69, 9.17) is 12.2 Å². The quantitative estimate of drug-likeness (QED) is 0.799. The smallest absolute Gasteiger partial charge is 0.172 e. The predicted octanol–water partition coefficient (Wildman–Crippen LogP) is 4.74. The average Bonchev–Trinajstić information content (AvgIpc) is 2.46. The average molecular weight is 327 g/mol. The van der Waals surface area contributed by atoms with E-state index in [9.17, 15) is 0 Å². The molecule has 0 aliphatic carbocycles. The summed E-state index contributed by atoms with van der Waals surface area (Å²) in [5, 5.41) is 7.01. The minimum Gasteiger partial charge on any atom is -0.356 e. The first-order chi connectivity index (χ1) is 10.8. The molecule has 1 atom stereocenters. The van der Waals surface area contributed by atoms with Crippen molar-refractivity contribution >= 4 is 23.1 Å².